The van der Waals surface area contributed by atoms with Crippen LogP contribution in [0.4, 0.5) is 0 Å². The topological polar surface area (TPSA) is 64.4 Å². The maximum absolute atomic E-state index is 11.6. The number of carbonyl (C=O) groups is 1. The molecule has 0 bridgehead atoms. The molecule has 3 N–H and O–H groups in total. The maximum atomic E-state index is 11.6. The Morgan fingerprint density at radius 2 is 2.26 bits per heavy atom. The molecule has 4 nitrogen and oxygen atoms in total. The molecule has 1 aromatic carbocycles. The van der Waals surface area contributed by atoms with Crippen molar-refractivity contribution < 1.29 is 9.53 Å². The predicted molar refractivity (Wildman–Crippen MR) is 77.1 cm³/mol. The van der Waals surface area contributed by atoms with Crippen LogP contribution in [0.3, 0.4) is 0 Å². The van der Waals surface area contributed by atoms with Crippen molar-refractivity contribution >= 4 is 5.91 Å². The Hall–Kier alpha value is -1.55. The second kappa shape index (κ2) is 8.53. The zero-order chi connectivity index (χ0) is 14.1. The second-order valence-electron chi connectivity index (χ2n) is 4.73. The number of hydrogen-bond donors (Lipinski definition) is 2. The van der Waals surface area contributed by atoms with Gasteiger partial charge in [0.1, 0.15) is 12.4 Å². The van der Waals surface area contributed by atoms with Gasteiger partial charge in [0.25, 0.3) is 0 Å². The standard InChI is InChI=1S/C15H24N2O2/c1-3-13(11-16)10-15(18)17-7-8-19-14-6-4-5-12(2)9-14/h4-6,9,13H,3,7-8,10-11,16H2,1-2H3,(H,17,18). The van der Waals surface area contributed by atoms with Crippen molar-refractivity contribution in [3.63, 3.8) is 0 Å². The molecule has 0 saturated carbocycles. The van der Waals surface area contributed by atoms with Crippen molar-refractivity contribution in [3.05, 3.63) is 29.8 Å². The van der Waals surface area contributed by atoms with Crippen molar-refractivity contribution in [1.82, 2.24) is 5.32 Å². The van der Waals surface area contributed by atoms with Crippen molar-refractivity contribution in [2.24, 2.45) is 11.7 Å². The SMILES string of the molecule is CCC(CN)CC(=O)NCCOc1cccc(C)c1. The molecule has 0 aliphatic rings. The largest absolute Gasteiger partial charge is 0.492 e. The lowest BCUT2D eigenvalue weighted by atomic mass is 10.0. The van der Waals surface area contributed by atoms with Crippen molar-refractivity contribution in [3.8, 4) is 5.75 Å². The number of nitrogens with two attached hydrogens (primary N) is 1. The predicted octanol–water partition coefficient (Wildman–Crippen LogP) is 1.87. The Kier molecular flexibility index (Phi) is 6.97. The number of ether oxygens (including phenoxy) is 1. The number of nitrogens with one attached hydrogen (secondary N) is 1. The summed E-state index contributed by atoms with van der Waals surface area (Å²) in [6.07, 6.45) is 1.43. The lowest BCUT2D eigenvalue weighted by molar-refractivity contribution is -0.122. The van der Waals surface area contributed by atoms with E-state index in [4.69, 9.17) is 10.5 Å². The summed E-state index contributed by atoms with van der Waals surface area (Å²) in [7, 11) is 0. The lowest BCUT2D eigenvalue weighted by Gasteiger charge is -2.12. The highest BCUT2D eigenvalue weighted by Crippen LogP contribution is 2.11. The van der Waals surface area contributed by atoms with Gasteiger partial charge in [0.2, 0.25) is 5.91 Å². The molecule has 0 saturated heterocycles. The average Bonchev–Trinajstić information content (AvgIpc) is 2.41. The smallest absolute Gasteiger partial charge is 0.220 e. The van der Waals surface area contributed by atoms with Crippen LogP contribution < -0.4 is 15.8 Å². The van der Waals surface area contributed by atoms with Gasteiger partial charge in [0.15, 0.2) is 0 Å². The Balaban J connectivity index is 2.18. The van der Waals surface area contributed by atoms with Crippen molar-refractivity contribution in [2.45, 2.75) is 26.7 Å². The van der Waals surface area contributed by atoms with E-state index in [1.807, 2.05) is 38.1 Å². The minimum absolute atomic E-state index is 0.0464. The molecule has 1 amide bonds. The van der Waals surface area contributed by atoms with E-state index in [-0.39, 0.29) is 11.8 Å². The van der Waals surface area contributed by atoms with E-state index in [0.717, 1.165) is 17.7 Å². The number of rotatable bonds is 8. The van der Waals surface area contributed by atoms with Gasteiger partial charge in [0.05, 0.1) is 6.54 Å². The fourth-order valence-electron chi connectivity index (χ4n) is 1.79. The zero-order valence-electron chi connectivity index (χ0n) is 11.8. The first kappa shape index (κ1) is 15.5. The van der Waals surface area contributed by atoms with Crippen LogP contribution in [0.1, 0.15) is 25.3 Å². The molecule has 0 radical (unpaired) electrons. The molecular weight excluding hydrogens is 240 g/mol. The molecule has 4 heteroatoms. The average molecular weight is 264 g/mol. The van der Waals surface area contributed by atoms with E-state index in [2.05, 4.69) is 5.32 Å². The van der Waals surface area contributed by atoms with Gasteiger partial charge in [-0.25, -0.2) is 0 Å². The van der Waals surface area contributed by atoms with Crippen LogP contribution in [-0.2, 0) is 4.79 Å². The third-order valence-corrected chi connectivity index (χ3v) is 3.07. The Morgan fingerprint density at radius 3 is 2.89 bits per heavy atom. The number of amides is 1. The van der Waals surface area contributed by atoms with Gasteiger partial charge in [0, 0.05) is 6.42 Å². The van der Waals surface area contributed by atoms with E-state index in [9.17, 15) is 4.79 Å². The van der Waals surface area contributed by atoms with E-state index in [1.165, 1.54) is 0 Å². The van der Waals surface area contributed by atoms with E-state index < -0.39 is 0 Å². The molecular formula is C15H24N2O2. The first-order chi connectivity index (χ1) is 9.15. The summed E-state index contributed by atoms with van der Waals surface area (Å²) in [6.45, 7) is 5.63. The lowest BCUT2D eigenvalue weighted by Crippen LogP contribution is -2.31. The first-order valence-corrected chi connectivity index (χ1v) is 6.82. The Morgan fingerprint density at radius 1 is 1.47 bits per heavy atom. The molecule has 0 fully saturated rings. The van der Waals surface area contributed by atoms with Crippen LogP contribution in [0.25, 0.3) is 0 Å². The van der Waals surface area contributed by atoms with Gasteiger partial charge in [-0.1, -0.05) is 25.5 Å². The van der Waals surface area contributed by atoms with Crippen LogP contribution in [0.5, 0.6) is 5.75 Å². The molecule has 106 valence electrons. The number of carbonyl (C=O) groups excluding carboxylic acids is 1. The Bertz CT molecular complexity index is 389. The van der Waals surface area contributed by atoms with Gasteiger partial charge in [-0.15, -0.1) is 0 Å². The summed E-state index contributed by atoms with van der Waals surface area (Å²) in [6, 6.07) is 7.86. The maximum Gasteiger partial charge on any atom is 0.220 e. The highest BCUT2D eigenvalue weighted by molar-refractivity contribution is 5.76. The number of hydrogen-bond acceptors (Lipinski definition) is 3. The second-order valence-corrected chi connectivity index (χ2v) is 4.73. The van der Waals surface area contributed by atoms with Crippen LogP contribution in [0, 0.1) is 12.8 Å². The van der Waals surface area contributed by atoms with Gasteiger partial charge in [-0.2, -0.15) is 0 Å². The normalized spacial score (nSPS) is 11.9. The van der Waals surface area contributed by atoms with E-state index in [1.54, 1.807) is 0 Å². The van der Waals surface area contributed by atoms with E-state index >= 15 is 0 Å². The summed E-state index contributed by atoms with van der Waals surface area (Å²) < 4.78 is 5.56. The molecule has 19 heavy (non-hydrogen) atoms. The third kappa shape index (κ3) is 6.25. The molecule has 1 unspecified atom stereocenters. The fraction of sp³-hybridized carbons (Fsp3) is 0.533. The monoisotopic (exact) mass is 264 g/mol. The fourth-order valence-corrected chi connectivity index (χ4v) is 1.79. The molecule has 0 heterocycles. The van der Waals surface area contributed by atoms with Gasteiger partial charge in [-0.3, -0.25) is 4.79 Å². The molecule has 1 atom stereocenters. The molecule has 0 aliphatic carbocycles. The van der Waals surface area contributed by atoms with Crippen LogP contribution >= 0.6 is 0 Å². The highest BCUT2D eigenvalue weighted by Gasteiger charge is 2.09. The van der Waals surface area contributed by atoms with Crippen LogP contribution in [-0.4, -0.2) is 25.6 Å². The quantitative estimate of drug-likeness (QED) is 0.704. The Labute approximate surface area is 115 Å². The summed E-state index contributed by atoms with van der Waals surface area (Å²) in [5, 5.41) is 2.85. The minimum Gasteiger partial charge on any atom is -0.492 e. The summed E-state index contributed by atoms with van der Waals surface area (Å²) in [5.41, 5.74) is 6.73. The number of aryl methyl sites for hydroxylation is 1. The molecule has 0 aromatic heterocycles. The van der Waals surface area contributed by atoms with Gasteiger partial charge in [-0.05, 0) is 37.1 Å². The summed E-state index contributed by atoms with van der Waals surface area (Å²) in [4.78, 5) is 11.6. The van der Waals surface area contributed by atoms with Crippen molar-refractivity contribution in [2.75, 3.05) is 19.7 Å². The molecule has 1 aromatic rings. The third-order valence-electron chi connectivity index (χ3n) is 3.07. The van der Waals surface area contributed by atoms with Crippen LogP contribution in [0.15, 0.2) is 24.3 Å². The van der Waals surface area contributed by atoms with Gasteiger partial charge >= 0.3 is 0 Å². The molecule has 0 aliphatic heterocycles. The van der Waals surface area contributed by atoms with Gasteiger partial charge < -0.3 is 15.8 Å². The molecule has 0 spiro atoms. The minimum atomic E-state index is 0.0464. The highest BCUT2D eigenvalue weighted by atomic mass is 16.5. The molecule has 1 rings (SSSR count). The first-order valence-electron chi connectivity index (χ1n) is 6.82. The summed E-state index contributed by atoms with van der Waals surface area (Å²) >= 11 is 0. The number of benzene rings is 1. The van der Waals surface area contributed by atoms with Crippen LogP contribution in [0.2, 0.25) is 0 Å². The van der Waals surface area contributed by atoms with E-state index in [0.29, 0.717) is 26.1 Å². The van der Waals surface area contributed by atoms with Crippen molar-refractivity contribution in [1.29, 1.82) is 0 Å². The summed E-state index contributed by atoms with van der Waals surface area (Å²) in [5.74, 6) is 1.16. The zero-order valence-corrected chi connectivity index (χ0v) is 11.8.